The lowest BCUT2D eigenvalue weighted by atomic mass is 9.77. The van der Waals surface area contributed by atoms with Gasteiger partial charge in [0.25, 0.3) is 0 Å². The number of methoxy groups -OCH3 is 1. The Labute approximate surface area is 280 Å². The van der Waals surface area contributed by atoms with Crippen molar-refractivity contribution in [3.8, 4) is 5.75 Å². The maximum Gasteiger partial charge on any atom is 0.170 e. The number of nitrogens with zero attached hydrogens (tertiary/aromatic N) is 4. The second kappa shape index (κ2) is 11.7. The van der Waals surface area contributed by atoms with Crippen LogP contribution >= 0.6 is 0 Å². The van der Waals surface area contributed by atoms with Crippen molar-refractivity contribution >= 4 is 17.0 Å². The summed E-state index contributed by atoms with van der Waals surface area (Å²) in [5.41, 5.74) is 1.55. The van der Waals surface area contributed by atoms with Gasteiger partial charge in [0.2, 0.25) is 0 Å². The molecule has 0 radical (unpaired) electrons. The fourth-order valence-corrected chi connectivity index (χ4v) is 8.21. The highest BCUT2D eigenvalue weighted by molar-refractivity contribution is 5.84. The van der Waals surface area contributed by atoms with E-state index in [9.17, 15) is 5.11 Å². The molecule has 0 amide bonds. The zero-order valence-corrected chi connectivity index (χ0v) is 27.5. The van der Waals surface area contributed by atoms with E-state index in [2.05, 4.69) is 41.7 Å². The van der Waals surface area contributed by atoms with Gasteiger partial charge in [-0.25, -0.2) is 15.0 Å². The maximum absolute atomic E-state index is 10.7. The standard InChI is InChI=1S/C38H41N5O5/c1-4-36(23-44)33-35(2,48-37(46-33)21-11-12-22-37)34(47-36)43-25-41-30-31(39-24-40-32(30)43)42-38(26-13-7-5-8-14-26,27-15-9-6-10-16-27)28-17-19-29(45-3)20-18-28/h5-10,13-20,24-25,33-34,44H,4,11-12,21-23H2,1-3H3,(H,39,40,42)/t33-,34+,35+,36-/m0/s1. The molecule has 248 valence electrons. The number of benzene rings is 3. The summed E-state index contributed by atoms with van der Waals surface area (Å²) in [6.07, 6.45) is 6.49. The largest absolute Gasteiger partial charge is 0.497 e. The summed E-state index contributed by atoms with van der Waals surface area (Å²) >= 11 is 0. The Morgan fingerprint density at radius 3 is 2.15 bits per heavy atom. The van der Waals surface area contributed by atoms with E-state index in [0.717, 1.165) is 48.1 Å². The van der Waals surface area contributed by atoms with E-state index in [4.69, 9.17) is 33.9 Å². The first kappa shape index (κ1) is 31.0. The number of nitrogens with one attached hydrogen (secondary N) is 1. The summed E-state index contributed by atoms with van der Waals surface area (Å²) in [5, 5.41) is 14.6. The molecule has 10 nitrogen and oxygen atoms in total. The van der Waals surface area contributed by atoms with Crippen LogP contribution in [0.5, 0.6) is 5.75 Å². The Kier molecular flexibility index (Phi) is 7.52. The average Bonchev–Trinajstić information content (AvgIpc) is 3.90. The zero-order chi connectivity index (χ0) is 33.0. The van der Waals surface area contributed by atoms with Gasteiger partial charge in [-0.05, 0) is 55.0 Å². The summed E-state index contributed by atoms with van der Waals surface area (Å²) in [7, 11) is 1.67. The van der Waals surface area contributed by atoms with Crippen LogP contribution in [0.25, 0.3) is 11.2 Å². The molecule has 4 atom stereocenters. The van der Waals surface area contributed by atoms with E-state index in [1.807, 2.05) is 66.9 Å². The summed E-state index contributed by atoms with van der Waals surface area (Å²) in [4.78, 5) is 14.4. The molecule has 2 aromatic heterocycles. The Bertz CT molecular complexity index is 1850. The number of aliphatic hydroxyl groups is 1. The lowest BCUT2D eigenvalue weighted by Crippen LogP contribution is -2.49. The molecule has 10 heteroatoms. The van der Waals surface area contributed by atoms with Crippen LogP contribution in [0, 0.1) is 0 Å². The minimum absolute atomic E-state index is 0.188. The smallest absolute Gasteiger partial charge is 0.170 e. The molecular weight excluding hydrogens is 606 g/mol. The molecule has 0 unspecified atom stereocenters. The third kappa shape index (κ3) is 4.58. The van der Waals surface area contributed by atoms with Crippen LogP contribution in [-0.4, -0.2) is 61.4 Å². The summed E-state index contributed by atoms with van der Waals surface area (Å²) in [6.45, 7) is 3.87. The van der Waals surface area contributed by atoms with Crippen molar-refractivity contribution in [3.63, 3.8) is 0 Å². The molecule has 4 heterocycles. The number of fused-ring (bicyclic) bond motifs is 2. The number of ether oxygens (including phenoxy) is 4. The SMILES string of the molecule is CC[C@@]1(CO)O[C@@H](n2cnc3c(NC(c4ccccc4)(c4ccccc4)c4ccc(OC)cc4)ncnc32)[C@]2(C)OC3(CCCC3)O[C@H]12. The second-order valence-electron chi connectivity index (χ2n) is 13.3. The first-order valence-electron chi connectivity index (χ1n) is 16.8. The molecule has 1 spiro atoms. The van der Waals surface area contributed by atoms with Crippen LogP contribution in [0.4, 0.5) is 5.82 Å². The molecule has 48 heavy (non-hydrogen) atoms. The Balaban J connectivity index is 1.27. The third-order valence-electron chi connectivity index (χ3n) is 10.7. The van der Waals surface area contributed by atoms with Crippen molar-refractivity contribution in [1.29, 1.82) is 0 Å². The Morgan fingerprint density at radius 1 is 0.896 bits per heavy atom. The van der Waals surface area contributed by atoms with E-state index >= 15 is 0 Å². The highest BCUT2D eigenvalue weighted by Gasteiger charge is 2.71. The van der Waals surface area contributed by atoms with Gasteiger partial charge in [0.1, 0.15) is 34.9 Å². The molecule has 3 aromatic carbocycles. The highest BCUT2D eigenvalue weighted by atomic mass is 16.8. The van der Waals surface area contributed by atoms with Gasteiger partial charge in [-0.2, -0.15) is 0 Å². The highest BCUT2D eigenvalue weighted by Crippen LogP contribution is 2.59. The van der Waals surface area contributed by atoms with E-state index in [1.54, 1.807) is 19.8 Å². The van der Waals surface area contributed by atoms with Crippen LogP contribution in [0.15, 0.2) is 97.6 Å². The zero-order valence-electron chi connectivity index (χ0n) is 27.5. The van der Waals surface area contributed by atoms with Gasteiger partial charge in [0.05, 0.1) is 20.0 Å². The quantitative estimate of drug-likeness (QED) is 0.177. The van der Waals surface area contributed by atoms with Crippen LogP contribution in [0.1, 0.15) is 68.9 Å². The Morgan fingerprint density at radius 2 is 1.54 bits per heavy atom. The topological polar surface area (TPSA) is 113 Å². The predicted octanol–water partition coefficient (Wildman–Crippen LogP) is 6.35. The monoisotopic (exact) mass is 647 g/mol. The molecule has 3 fully saturated rings. The van der Waals surface area contributed by atoms with Crippen molar-refractivity contribution in [1.82, 2.24) is 19.5 Å². The maximum atomic E-state index is 10.7. The van der Waals surface area contributed by atoms with Gasteiger partial charge in [0, 0.05) is 12.8 Å². The predicted molar refractivity (Wildman–Crippen MR) is 180 cm³/mol. The van der Waals surface area contributed by atoms with Crippen LogP contribution in [0.3, 0.4) is 0 Å². The summed E-state index contributed by atoms with van der Waals surface area (Å²) < 4.78 is 27.8. The molecule has 0 bridgehead atoms. The number of hydrogen-bond donors (Lipinski definition) is 2. The molecule has 2 saturated heterocycles. The molecule has 5 aromatic rings. The molecule has 1 aliphatic carbocycles. The van der Waals surface area contributed by atoms with Gasteiger partial charge in [-0.15, -0.1) is 0 Å². The number of hydrogen-bond acceptors (Lipinski definition) is 9. The van der Waals surface area contributed by atoms with Crippen molar-refractivity contribution in [2.75, 3.05) is 19.0 Å². The molecule has 3 aliphatic rings. The van der Waals surface area contributed by atoms with Gasteiger partial charge < -0.3 is 29.4 Å². The first-order chi connectivity index (χ1) is 23.4. The van der Waals surface area contributed by atoms with Crippen LogP contribution in [0.2, 0.25) is 0 Å². The van der Waals surface area contributed by atoms with Crippen molar-refractivity contribution in [2.45, 2.75) is 80.8 Å². The van der Waals surface area contributed by atoms with E-state index in [1.165, 1.54) is 0 Å². The van der Waals surface area contributed by atoms with Crippen molar-refractivity contribution < 1.29 is 24.1 Å². The molecule has 1 saturated carbocycles. The number of rotatable bonds is 9. The summed E-state index contributed by atoms with van der Waals surface area (Å²) in [5.74, 6) is 0.656. The first-order valence-corrected chi connectivity index (χ1v) is 16.8. The normalized spacial score (nSPS) is 26.2. The number of aromatic nitrogens is 4. The van der Waals surface area contributed by atoms with Crippen LogP contribution in [-0.2, 0) is 19.7 Å². The van der Waals surface area contributed by atoms with Crippen molar-refractivity contribution in [2.24, 2.45) is 0 Å². The summed E-state index contributed by atoms with van der Waals surface area (Å²) in [6, 6.07) is 28.7. The van der Waals surface area contributed by atoms with E-state index in [0.29, 0.717) is 23.4 Å². The van der Waals surface area contributed by atoms with Gasteiger partial charge >= 0.3 is 0 Å². The lowest BCUT2D eigenvalue weighted by molar-refractivity contribution is -0.251. The van der Waals surface area contributed by atoms with Gasteiger partial charge in [-0.3, -0.25) is 4.57 Å². The number of anilines is 1. The molecule has 2 N–H and O–H groups in total. The van der Waals surface area contributed by atoms with Gasteiger partial charge in [-0.1, -0.05) is 79.7 Å². The molecular formula is C38H41N5O5. The van der Waals surface area contributed by atoms with Crippen molar-refractivity contribution in [3.05, 3.63) is 114 Å². The molecule has 2 aliphatic heterocycles. The van der Waals surface area contributed by atoms with Crippen LogP contribution < -0.4 is 10.1 Å². The average molecular weight is 648 g/mol. The fraction of sp³-hybridized carbons (Fsp3) is 0.395. The minimum Gasteiger partial charge on any atom is -0.497 e. The van der Waals surface area contributed by atoms with E-state index < -0.39 is 34.9 Å². The third-order valence-corrected chi connectivity index (χ3v) is 10.7. The second-order valence-corrected chi connectivity index (χ2v) is 13.3. The number of imidazole rings is 1. The number of aliphatic hydroxyl groups excluding tert-OH is 1. The minimum atomic E-state index is -0.930. The van der Waals surface area contributed by atoms with E-state index in [-0.39, 0.29) is 6.61 Å². The fourth-order valence-electron chi connectivity index (χ4n) is 8.21. The molecule has 8 rings (SSSR count). The van der Waals surface area contributed by atoms with Gasteiger partial charge in [0.15, 0.2) is 29.0 Å². The lowest BCUT2D eigenvalue weighted by Gasteiger charge is -2.37. The Hall–Kier alpha value is -4.35.